The molecule has 1 aromatic rings. The summed E-state index contributed by atoms with van der Waals surface area (Å²) in [5, 5.41) is 0. The fraction of sp³-hybridized carbons (Fsp3) is 0.611. The van der Waals surface area contributed by atoms with Crippen LogP contribution in [-0.2, 0) is 17.8 Å². The maximum absolute atomic E-state index is 12.8. The van der Waals surface area contributed by atoms with Crippen molar-refractivity contribution < 1.29 is 4.79 Å². The van der Waals surface area contributed by atoms with Gasteiger partial charge in [0.05, 0.1) is 0 Å². The third-order valence-corrected chi connectivity index (χ3v) is 4.88. The second-order valence-corrected chi connectivity index (χ2v) is 6.64. The number of carbonyl (C=O) groups is 1. The van der Waals surface area contributed by atoms with Crippen LogP contribution in [0.3, 0.4) is 0 Å². The van der Waals surface area contributed by atoms with Crippen LogP contribution in [0.5, 0.6) is 0 Å². The zero-order valence-corrected chi connectivity index (χ0v) is 12.9. The van der Waals surface area contributed by atoms with Crippen molar-refractivity contribution in [2.75, 3.05) is 0 Å². The third-order valence-electron chi connectivity index (χ3n) is 4.88. The van der Waals surface area contributed by atoms with Gasteiger partial charge >= 0.3 is 0 Å². The number of rotatable bonds is 5. The van der Waals surface area contributed by atoms with Crippen molar-refractivity contribution in [1.29, 1.82) is 0 Å². The second-order valence-electron chi connectivity index (χ2n) is 6.64. The smallest absolute Gasteiger partial charge is 0.226 e. The van der Waals surface area contributed by atoms with E-state index in [2.05, 4.69) is 36.1 Å². The van der Waals surface area contributed by atoms with E-state index in [0.29, 0.717) is 11.9 Å². The van der Waals surface area contributed by atoms with Crippen LogP contribution >= 0.6 is 0 Å². The van der Waals surface area contributed by atoms with Crippen LogP contribution in [-0.4, -0.2) is 22.9 Å². The first-order valence-corrected chi connectivity index (χ1v) is 8.31. The van der Waals surface area contributed by atoms with E-state index in [4.69, 9.17) is 5.73 Å². The zero-order chi connectivity index (χ0) is 14.8. The molecule has 2 saturated carbocycles. The van der Waals surface area contributed by atoms with E-state index < -0.39 is 0 Å². The molecule has 0 spiro atoms. The van der Waals surface area contributed by atoms with Crippen molar-refractivity contribution in [3.8, 4) is 0 Å². The summed E-state index contributed by atoms with van der Waals surface area (Å²) >= 11 is 0. The Kier molecular flexibility index (Phi) is 4.29. The molecule has 1 amide bonds. The van der Waals surface area contributed by atoms with Gasteiger partial charge in [-0.05, 0) is 49.7 Å². The number of aryl methyl sites for hydroxylation is 1. The quantitative estimate of drug-likeness (QED) is 0.904. The summed E-state index contributed by atoms with van der Waals surface area (Å²) in [6.45, 7) is 2.93. The third kappa shape index (κ3) is 3.46. The Labute approximate surface area is 127 Å². The predicted octanol–water partition coefficient (Wildman–Crippen LogP) is 2.87. The molecule has 0 radical (unpaired) electrons. The lowest BCUT2D eigenvalue weighted by atomic mass is 10.0. The van der Waals surface area contributed by atoms with Gasteiger partial charge in [-0.2, -0.15) is 0 Å². The van der Waals surface area contributed by atoms with Crippen LogP contribution in [0.2, 0.25) is 0 Å². The summed E-state index contributed by atoms with van der Waals surface area (Å²) in [5.74, 6) is 0.500. The van der Waals surface area contributed by atoms with Gasteiger partial charge in [-0.3, -0.25) is 4.79 Å². The largest absolute Gasteiger partial charge is 0.335 e. The van der Waals surface area contributed by atoms with Crippen LogP contribution in [0.25, 0.3) is 0 Å². The van der Waals surface area contributed by atoms with E-state index in [1.54, 1.807) is 0 Å². The summed E-state index contributed by atoms with van der Waals surface area (Å²) in [7, 11) is 0. The van der Waals surface area contributed by atoms with Gasteiger partial charge in [0.1, 0.15) is 0 Å². The minimum atomic E-state index is 0.163. The van der Waals surface area contributed by atoms with E-state index >= 15 is 0 Å². The van der Waals surface area contributed by atoms with E-state index in [9.17, 15) is 4.79 Å². The molecule has 0 aliphatic heterocycles. The first kappa shape index (κ1) is 14.6. The summed E-state index contributed by atoms with van der Waals surface area (Å²) in [6.07, 6.45) is 6.23. The Balaban J connectivity index is 1.68. The van der Waals surface area contributed by atoms with E-state index in [1.807, 2.05) is 0 Å². The number of hydrogen-bond acceptors (Lipinski definition) is 2. The summed E-state index contributed by atoms with van der Waals surface area (Å²) in [5.41, 5.74) is 8.57. The molecule has 2 aliphatic carbocycles. The van der Waals surface area contributed by atoms with Crippen LogP contribution < -0.4 is 5.73 Å². The van der Waals surface area contributed by atoms with E-state index in [1.165, 1.54) is 11.1 Å². The van der Waals surface area contributed by atoms with Gasteiger partial charge in [0, 0.05) is 24.5 Å². The van der Waals surface area contributed by atoms with Crippen molar-refractivity contribution in [2.24, 2.45) is 11.7 Å². The fourth-order valence-electron chi connectivity index (χ4n) is 3.33. The van der Waals surface area contributed by atoms with Gasteiger partial charge < -0.3 is 10.6 Å². The van der Waals surface area contributed by atoms with Gasteiger partial charge in [-0.25, -0.2) is 0 Å². The highest BCUT2D eigenvalue weighted by Gasteiger charge is 2.38. The Hall–Kier alpha value is -1.35. The molecule has 21 heavy (non-hydrogen) atoms. The summed E-state index contributed by atoms with van der Waals surface area (Å²) < 4.78 is 0. The molecule has 0 aromatic heterocycles. The molecule has 0 saturated heterocycles. The van der Waals surface area contributed by atoms with E-state index in [0.717, 1.165) is 45.1 Å². The lowest BCUT2D eigenvalue weighted by Crippen LogP contribution is -2.37. The maximum Gasteiger partial charge on any atom is 0.226 e. The van der Waals surface area contributed by atoms with Crippen molar-refractivity contribution in [3.05, 3.63) is 35.4 Å². The van der Waals surface area contributed by atoms with Crippen molar-refractivity contribution in [3.63, 3.8) is 0 Å². The monoisotopic (exact) mass is 286 g/mol. The Morgan fingerprint density at radius 3 is 2.33 bits per heavy atom. The lowest BCUT2D eigenvalue weighted by molar-refractivity contribution is -0.136. The Bertz CT molecular complexity index is 492. The second kappa shape index (κ2) is 6.18. The van der Waals surface area contributed by atoms with Gasteiger partial charge in [0.2, 0.25) is 5.91 Å². The van der Waals surface area contributed by atoms with Gasteiger partial charge in [-0.1, -0.05) is 31.2 Å². The average Bonchev–Trinajstić information content (AvgIpc) is 3.26. The predicted molar refractivity (Wildman–Crippen MR) is 84.7 cm³/mol. The molecule has 0 unspecified atom stereocenters. The molecule has 0 heterocycles. The van der Waals surface area contributed by atoms with Crippen molar-refractivity contribution in [1.82, 2.24) is 4.90 Å². The normalized spacial score (nSPS) is 25.0. The topological polar surface area (TPSA) is 46.3 Å². The number of hydrogen-bond donors (Lipinski definition) is 1. The molecule has 0 bridgehead atoms. The zero-order valence-electron chi connectivity index (χ0n) is 12.9. The van der Waals surface area contributed by atoms with E-state index in [-0.39, 0.29) is 12.0 Å². The first-order chi connectivity index (χ1) is 10.2. The molecule has 3 nitrogen and oxygen atoms in total. The van der Waals surface area contributed by atoms with Crippen LogP contribution in [0.1, 0.15) is 50.2 Å². The molecular formula is C18H26N2O. The maximum atomic E-state index is 12.8. The minimum absolute atomic E-state index is 0.163. The van der Waals surface area contributed by atoms with Crippen LogP contribution in [0, 0.1) is 5.92 Å². The summed E-state index contributed by atoms with van der Waals surface area (Å²) in [4.78, 5) is 14.9. The van der Waals surface area contributed by atoms with Gasteiger partial charge in [0.25, 0.3) is 0 Å². The highest BCUT2D eigenvalue weighted by molar-refractivity contribution is 5.80. The molecule has 2 fully saturated rings. The molecular weight excluding hydrogens is 260 g/mol. The molecule has 2 atom stereocenters. The highest BCUT2D eigenvalue weighted by atomic mass is 16.2. The number of carbonyl (C=O) groups excluding carboxylic acids is 1. The molecule has 3 rings (SSSR count). The molecule has 1 aromatic carbocycles. The minimum Gasteiger partial charge on any atom is -0.335 e. The molecule has 2 aliphatic rings. The van der Waals surface area contributed by atoms with Crippen LogP contribution in [0.15, 0.2) is 24.3 Å². The fourth-order valence-corrected chi connectivity index (χ4v) is 3.33. The van der Waals surface area contributed by atoms with Crippen LogP contribution in [0.4, 0.5) is 0 Å². The van der Waals surface area contributed by atoms with Gasteiger partial charge in [0.15, 0.2) is 0 Å². The Morgan fingerprint density at radius 1 is 1.14 bits per heavy atom. The van der Waals surface area contributed by atoms with Crippen molar-refractivity contribution >= 4 is 5.91 Å². The SMILES string of the molecule is CCc1ccc(CN(C(=O)[C@@H]2CC[C@H](N)C2)C2CC2)cc1. The number of amides is 1. The molecule has 3 heteroatoms. The lowest BCUT2D eigenvalue weighted by Gasteiger charge is -2.26. The first-order valence-electron chi connectivity index (χ1n) is 8.31. The standard InChI is InChI=1S/C18H26N2O/c1-2-13-3-5-14(6-4-13)12-20(17-9-10-17)18(21)15-7-8-16(19)11-15/h3-6,15-17H,2,7-12,19H2,1H3/t15-,16+/m1/s1. The average molecular weight is 286 g/mol. The highest BCUT2D eigenvalue weighted by Crippen LogP contribution is 2.33. The Morgan fingerprint density at radius 2 is 1.81 bits per heavy atom. The molecule has 114 valence electrons. The number of nitrogens with zero attached hydrogens (tertiary/aromatic N) is 1. The number of nitrogens with two attached hydrogens (primary N) is 1. The molecule has 2 N–H and O–H groups in total. The van der Waals surface area contributed by atoms with Crippen molar-refractivity contribution in [2.45, 2.75) is 64.1 Å². The van der Waals surface area contributed by atoms with Gasteiger partial charge in [-0.15, -0.1) is 0 Å². The number of benzene rings is 1. The summed E-state index contributed by atoms with van der Waals surface area (Å²) in [6, 6.07) is 9.39.